The Hall–Kier alpha value is -3.20. The third-order valence-electron chi connectivity index (χ3n) is 7.26. The number of benzene rings is 1. The predicted molar refractivity (Wildman–Crippen MR) is 128 cm³/mol. The Balaban J connectivity index is 1.57. The van der Waals surface area contributed by atoms with Crippen molar-refractivity contribution in [2.75, 3.05) is 23.8 Å². The largest absolute Gasteiger partial charge is 0.396 e. The van der Waals surface area contributed by atoms with E-state index >= 15 is 0 Å². The van der Waals surface area contributed by atoms with Crippen molar-refractivity contribution in [2.45, 2.75) is 57.5 Å². The number of rotatable bonds is 5. The van der Waals surface area contributed by atoms with Crippen LogP contribution in [-0.4, -0.2) is 43.8 Å². The summed E-state index contributed by atoms with van der Waals surface area (Å²) in [6.07, 6.45) is 8.82. The van der Waals surface area contributed by atoms with Crippen molar-refractivity contribution in [3.05, 3.63) is 40.7 Å². The number of nitrogens with zero attached hydrogens (tertiary/aromatic N) is 5. The van der Waals surface area contributed by atoms with Gasteiger partial charge in [-0.15, -0.1) is 0 Å². The van der Waals surface area contributed by atoms with Gasteiger partial charge >= 0.3 is 5.69 Å². The molecule has 0 radical (unpaired) electrons. The quantitative estimate of drug-likeness (QED) is 0.439. The molecule has 1 aromatic carbocycles. The first-order chi connectivity index (χ1) is 16.0. The number of aliphatic hydroxyl groups excluding tert-OH is 1. The molecule has 3 N–H and O–H groups in total. The summed E-state index contributed by atoms with van der Waals surface area (Å²) in [5.74, 6) is 0.658. The van der Waals surface area contributed by atoms with Gasteiger partial charge in [0.2, 0.25) is 5.82 Å². The zero-order chi connectivity index (χ0) is 23.1. The molecule has 1 saturated heterocycles. The van der Waals surface area contributed by atoms with Crippen molar-refractivity contribution in [2.24, 2.45) is 5.92 Å². The van der Waals surface area contributed by atoms with Crippen LogP contribution in [0, 0.1) is 16.0 Å². The van der Waals surface area contributed by atoms with Crippen LogP contribution in [0.5, 0.6) is 0 Å². The van der Waals surface area contributed by atoms with Crippen LogP contribution in [0.1, 0.15) is 51.5 Å². The Morgan fingerprint density at radius 1 is 1.24 bits per heavy atom. The van der Waals surface area contributed by atoms with Gasteiger partial charge in [-0.2, -0.15) is 0 Å². The number of pyridine rings is 1. The minimum atomic E-state index is -0.462. The molecular weight excluding hydrogens is 420 g/mol. The van der Waals surface area contributed by atoms with Crippen molar-refractivity contribution >= 4 is 28.4 Å². The van der Waals surface area contributed by atoms with Gasteiger partial charge in [0.25, 0.3) is 0 Å². The van der Waals surface area contributed by atoms with Crippen LogP contribution < -0.4 is 10.6 Å². The second-order valence-electron chi connectivity index (χ2n) is 9.45. The number of imidazole rings is 1. The van der Waals surface area contributed by atoms with E-state index in [0.29, 0.717) is 29.5 Å². The summed E-state index contributed by atoms with van der Waals surface area (Å²) >= 11 is 0. The maximum Gasteiger partial charge on any atom is 0.319 e. The predicted octanol–water partition coefficient (Wildman–Crippen LogP) is 4.30. The number of fused-ring (bicyclic) bond motifs is 1. The molecule has 0 spiro atoms. The van der Waals surface area contributed by atoms with E-state index in [2.05, 4.69) is 26.4 Å². The van der Waals surface area contributed by atoms with Gasteiger partial charge in [-0.05, 0) is 49.9 Å². The molecule has 1 saturated carbocycles. The van der Waals surface area contributed by atoms with Crippen LogP contribution in [0.25, 0.3) is 22.2 Å². The third kappa shape index (κ3) is 3.90. The Kier molecular flexibility index (Phi) is 5.65. The van der Waals surface area contributed by atoms with Crippen molar-refractivity contribution in [3.8, 4) is 11.1 Å². The van der Waals surface area contributed by atoms with E-state index in [1.807, 2.05) is 24.5 Å². The van der Waals surface area contributed by atoms with Crippen molar-refractivity contribution in [1.82, 2.24) is 14.5 Å². The van der Waals surface area contributed by atoms with Gasteiger partial charge < -0.3 is 20.3 Å². The van der Waals surface area contributed by atoms with E-state index in [-0.39, 0.29) is 30.1 Å². The van der Waals surface area contributed by atoms with E-state index in [1.54, 1.807) is 6.07 Å². The molecule has 2 atom stereocenters. The lowest BCUT2D eigenvalue weighted by Gasteiger charge is -2.24. The normalized spacial score (nSPS) is 21.7. The van der Waals surface area contributed by atoms with Crippen molar-refractivity contribution in [1.29, 1.82) is 0 Å². The second-order valence-corrected chi connectivity index (χ2v) is 9.45. The fourth-order valence-electron chi connectivity index (χ4n) is 5.55. The summed E-state index contributed by atoms with van der Waals surface area (Å²) in [5.41, 5.74) is 8.93. The average molecular weight is 451 g/mol. The average Bonchev–Trinajstić information content (AvgIpc) is 3.41. The SMILES string of the molecule is CC1CC(CO)CN1c1cc(-c2ccc3c(c2)ncn3C2CCCCC2)c([N+](=O)[O-])c(N)n1. The summed E-state index contributed by atoms with van der Waals surface area (Å²) in [7, 11) is 0. The van der Waals surface area contributed by atoms with Crippen molar-refractivity contribution < 1.29 is 10.0 Å². The van der Waals surface area contributed by atoms with E-state index < -0.39 is 4.92 Å². The molecule has 2 aliphatic rings. The van der Waals surface area contributed by atoms with Gasteiger partial charge in [0.15, 0.2) is 0 Å². The zero-order valence-corrected chi connectivity index (χ0v) is 18.9. The summed E-state index contributed by atoms with van der Waals surface area (Å²) in [6.45, 7) is 2.82. The molecule has 9 heteroatoms. The highest BCUT2D eigenvalue weighted by Gasteiger charge is 2.32. The lowest BCUT2D eigenvalue weighted by Crippen LogP contribution is -2.28. The highest BCUT2D eigenvalue weighted by molar-refractivity contribution is 5.88. The molecule has 2 unspecified atom stereocenters. The minimum Gasteiger partial charge on any atom is -0.396 e. The first-order valence-electron chi connectivity index (χ1n) is 11.8. The number of aromatic nitrogens is 3. The molecule has 174 valence electrons. The molecule has 9 nitrogen and oxygen atoms in total. The Morgan fingerprint density at radius 2 is 2.03 bits per heavy atom. The monoisotopic (exact) mass is 450 g/mol. The zero-order valence-electron chi connectivity index (χ0n) is 18.9. The third-order valence-corrected chi connectivity index (χ3v) is 7.26. The Morgan fingerprint density at radius 3 is 2.73 bits per heavy atom. The number of hydrogen-bond donors (Lipinski definition) is 2. The van der Waals surface area contributed by atoms with Gasteiger partial charge in [-0.3, -0.25) is 10.1 Å². The van der Waals surface area contributed by atoms with Gasteiger partial charge in [-0.1, -0.05) is 25.3 Å². The fraction of sp³-hybridized carbons (Fsp3) is 0.500. The van der Waals surface area contributed by atoms with Crippen LogP contribution in [0.15, 0.2) is 30.6 Å². The standard InChI is InChI=1S/C24H30N6O3/c1-15-9-16(13-31)12-28(15)22-11-19(23(30(32)33)24(25)27-22)17-7-8-21-20(10-17)26-14-29(21)18-5-3-2-4-6-18/h7-8,10-11,14-16,18,31H,2-6,9,12-13H2,1H3,(H2,25,27). The van der Waals surface area contributed by atoms with Gasteiger partial charge in [-0.25, -0.2) is 9.97 Å². The first kappa shape index (κ1) is 21.6. The molecule has 33 heavy (non-hydrogen) atoms. The van der Waals surface area contributed by atoms with E-state index in [4.69, 9.17) is 5.73 Å². The van der Waals surface area contributed by atoms with E-state index in [9.17, 15) is 15.2 Å². The number of nitro groups is 1. The molecule has 2 fully saturated rings. The maximum absolute atomic E-state index is 11.9. The number of anilines is 2. The van der Waals surface area contributed by atoms with E-state index in [1.165, 1.54) is 19.3 Å². The molecule has 2 aromatic heterocycles. The summed E-state index contributed by atoms with van der Waals surface area (Å²) in [4.78, 5) is 22.5. The summed E-state index contributed by atoms with van der Waals surface area (Å²) in [5, 5.41) is 21.5. The van der Waals surface area contributed by atoms with Crippen LogP contribution in [0.3, 0.4) is 0 Å². The number of nitrogen functional groups attached to an aromatic ring is 1. The number of nitrogens with two attached hydrogens (primary N) is 1. The topological polar surface area (TPSA) is 123 Å². The minimum absolute atomic E-state index is 0.0972. The molecule has 3 heterocycles. The highest BCUT2D eigenvalue weighted by Crippen LogP contribution is 2.40. The van der Waals surface area contributed by atoms with Gasteiger partial charge in [0, 0.05) is 31.2 Å². The number of aliphatic hydroxyl groups is 1. The summed E-state index contributed by atoms with van der Waals surface area (Å²) in [6, 6.07) is 8.21. The molecule has 3 aromatic rings. The van der Waals surface area contributed by atoms with Gasteiger partial charge in [0.05, 0.1) is 27.8 Å². The highest BCUT2D eigenvalue weighted by atomic mass is 16.6. The van der Waals surface area contributed by atoms with E-state index in [0.717, 1.165) is 30.3 Å². The summed E-state index contributed by atoms with van der Waals surface area (Å²) < 4.78 is 2.25. The van der Waals surface area contributed by atoms with Crippen LogP contribution >= 0.6 is 0 Å². The molecular formula is C24H30N6O3. The molecule has 1 aliphatic carbocycles. The fourth-order valence-corrected chi connectivity index (χ4v) is 5.55. The lowest BCUT2D eigenvalue weighted by molar-refractivity contribution is -0.383. The number of hydrogen-bond acceptors (Lipinski definition) is 7. The molecule has 0 amide bonds. The molecule has 1 aliphatic heterocycles. The van der Waals surface area contributed by atoms with Crippen LogP contribution in [0.4, 0.5) is 17.3 Å². The van der Waals surface area contributed by atoms with Crippen molar-refractivity contribution in [3.63, 3.8) is 0 Å². The Bertz CT molecular complexity index is 1190. The first-order valence-corrected chi connectivity index (χ1v) is 11.8. The van der Waals surface area contributed by atoms with Crippen LogP contribution in [-0.2, 0) is 0 Å². The van der Waals surface area contributed by atoms with Crippen LogP contribution in [0.2, 0.25) is 0 Å². The van der Waals surface area contributed by atoms with Gasteiger partial charge in [0.1, 0.15) is 5.82 Å². The smallest absolute Gasteiger partial charge is 0.319 e. The Labute approximate surface area is 192 Å². The second kappa shape index (κ2) is 8.62. The molecule has 5 rings (SSSR count). The lowest BCUT2D eigenvalue weighted by atomic mass is 9.95. The molecule has 0 bridgehead atoms. The maximum atomic E-state index is 11.9.